The highest BCUT2D eigenvalue weighted by atomic mass is 35.5. The van der Waals surface area contributed by atoms with Crippen LogP contribution in [0.2, 0.25) is 9.36 Å². The van der Waals surface area contributed by atoms with Crippen LogP contribution in [0, 0.1) is 0 Å². The second kappa shape index (κ2) is 5.01. The Bertz CT molecular complexity index is 984. The van der Waals surface area contributed by atoms with E-state index in [0.717, 1.165) is 10.3 Å². The van der Waals surface area contributed by atoms with Crippen molar-refractivity contribution in [3.8, 4) is 0 Å². The lowest BCUT2D eigenvalue weighted by Gasteiger charge is -1.98. The van der Waals surface area contributed by atoms with E-state index in [-0.39, 0.29) is 5.91 Å². The largest absolute Gasteiger partial charge is 0.349 e. The van der Waals surface area contributed by atoms with Crippen molar-refractivity contribution in [2.45, 2.75) is 0 Å². The molecule has 4 aromatic rings. The molecule has 2 N–H and O–H groups in total. The maximum Gasteiger partial charge on any atom is 0.273 e. The van der Waals surface area contributed by atoms with Crippen molar-refractivity contribution in [1.29, 1.82) is 0 Å². The van der Waals surface area contributed by atoms with Crippen molar-refractivity contribution in [2.75, 3.05) is 5.32 Å². The summed E-state index contributed by atoms with van der Waals surface area (Å²) in [6.45, 7) is 0. The Morgan fingerprint density at radius 2 is 2.23 bits per heavy atom. The molecule has 0 radical (unpaired) electrons. The molecule has 0 aliphatic carbocycles. The Balaban J connectivity index is 1.65. The molecule has 4 rings (SSSR count). The van der Waals surface area contributed by atoms with E-state index < -0.39 is 0 Å². The Labute approximate surface area is 138 Å². The van der Waals surface area contributed by atoms with Crippen LogP contribution in [-0.4, -0.2) is 20.3 Å². The lowest BCUT2D eigenvalue weighted by molar-refractivity contribution is 0.102. The lowest BCUT2D eigenvalue weighted by atomic mass is 10.4. The maximum absolute atomic E-state index is 12.3. The summed E-state index contributed by atoms with van der Waals surface area (Å²) in [5, 5.41) is 3.20. The van der Waals surface area contributed by atoms with Crippen molar-refractivity contribution < 1.29 is 4.79 Å². The first kappa shape index (κ1) is 13.6. The van der Waals surface area contributed by atoms with Gasteiger partial charge in [-0.3, -0.25) is 4.79 Å². The molecular formula is C14H8Cl2N4OS. The number of carbonyl (C=O) groups is 1. The summed E-state index contributed by atoms with van der Waals surface area (Å²) < 4.78 is 3.19. The number of H-pyrrole nitrogens is 1. The summed E-state index contributed by atoms with van der Waals surface area (Å²) in [5.41, 5.74) is 1.86. The van der Waals surface area contributed by atoms with Crippen LogP contribution in [0.15, 0.2) is 36.7 Å². The van der Waals surface area contributed by atoms with Crippen LogP contribution in [0.4, 0.5) is 5.82 Å². The number of hydrogen-bond donors (Lipinski definition) is 2. The van der Waals surface area contributed by atoms with E-state index in [0.29, 0.717) is 26.4 Å². The van der Waals surface area contributed by atoms with E-state index in [1.165, 1.54) is 11.3 Å². The second-order valence-electron chi connectivity index (χ2n) is 4.66. The van der Waals surface area contributed by atoms with Crippen LogP contribution in [0.25, 0.3) is 15.9 Å². The minimum Gasteiger partial charge on any atom is -0.349 e. The number of imidazole rings is 1. The van der Waals surface area contributed by atoms with Gasteiger partial charge in [-0.1, -0.05) is 29.3 Å². The van der Waals surface area contributed by atoms with Gasteiger partial charge in [0.05, 0.1) is 21.4 Å². The summed E-state index contributed by atoms with van der Waals surface area (Å²) in [7, 11) is 0. The van der Waals surface area contributed by atoms with Gasteiger partial charge in [0.15, 0.2) is 5.82 Å². The number of hydrogen-bond acceptors (Lipinski definition) is 3. The van der Waals surface area contributed by atoms with E-state index in [1.807, 2.05) is 28.8 Å². The highest BCUT2D eigenvalue weighted by Gasteiger charge is 2.16. The number of rotatable bonds is 2. The molecule has 8 heteroatoms. The highest BCUT2D eigenvalue weighted by molar-refractivity contribution is 7.23. The van der Waals surface area contributed by atoms with E-state index >= 15 is 0 Å². The summed E-state index contributed by atoms with van der Waals surface area (Å²) >= 11 is 13.4. The zero-order valence-corrected chi connectivity index (χ0v) is 13.3. The van der Waals surface area contributed by atoms with E-state index in [4.69, 9.17) is 23.2 Å². The van der Waals surface area contributed by atoms with Gasteiger partial charge in [-0.25, -0.2) is 4.98 Å². The number of aromatic nitrogens is 3. The molecule has 0 aliphatic heterocycles. The van der Waals surface area contributed by atoms with Crippen molar-refractivity contribution in [3.05, 3.63) is 51.7 Å². The molecule has 0 aromatic carbocycles. The average molecular weight is 351 g/mol. The summed E-state index contributed by atoms with van der Waals surface area (Å²) in [6, 6.07) is 7.37. The fraction of sp³-hybridized carbons (Fsp3) is 0. The van der Waals surface area contributed by atoms with E-state index in [2.05, 4.69) is 15.3 Å². The van der Waals surface area contributed by atoms with Crippen molar-refractivity contribution >= 4 is 62.1 Å². The average Bonchev–Trinajstić information content (AvgIpc) is 3.15. The fourth-order valence-electron chi connectivity index (χ4n) is 2.22. The molecule has 110 valence electrons. The fourth-order valence-corrected chi connectivity index (χ4v) is 3.70. The van der Waals surface area contributed by atoms with Crippen LogP contribution in [0.5, 0.6) is 0 Å². The summed E-state index contributed by atoms with van der Waals surface area (Å²) in [4.78, 5) is 19.6. The molecule has 0 unspecified atom stereocenters. The first-order valence-electron chi connectivity index (χ1n) is 6.33. The lowest BCUT2D eigenvalue weighted by Crippen LogP contribution is -2.12. The number of halogens is 2. The smallest absolute Gasteiger partial charge is 0.273 e. The first-order chi connectivity index (χ1) is 10.6. The molecule has 1 amide bonds. The highest BCUT2D eigenvalue weighted by Crippen LogP contribution is 2.38. The van der Waals surface area contributed by atoms with Gasteiger partial charge in [0.2, 0.25) is 0 Å². The number of anilines is 1. The Kier molecular flexibility index (Phi) is 3.11. The quantitative estimate of drug-likeness (QED) is 0.561. The minimum atomic E-state index is -0.279. The molecule has 0 bridgehead atoms. The monoisotopic (exact) mass is 350 g/mol. The van der Waals surface area contributed by atoms with Crippen LogP contribution in [0.3, 0.4) is 0 Å². The molecule has 0 saturated carbocycles. The zero-order chi connectivity index (χ0) is 15.3. The number of amides is 1. The summed E-state index contributed by atoms with van der Waals surface area (Å²) in [6.07, 6.45) is 3.62. The Morgan fingerprint density at radius 3 is 3.00 bits per heavy atom. The van der Waals surface area contributed by atoms with Gasteiger partial charge in [-0.2, -0.15) is 0 Å². The van der Waals surface area contributed by atoms with Gasteiger partial charge in [0, 0.05) is 6.20 Å². The molecule has 4 aromatic heterocycles. The third-order valence-electron chi connectivity index (χ3n) is 3.22. The normalized spacial score (nSPS) is 11.4. The molecule has 0 spiro atoms. The van der Waals surface area contributed by atoms with Gasteiger partial charge in [-0.05, 0) is 18.2 Å². The SMILES string of the molecule is O=C(Nc1cn2ccccc2n1)c1cc2sc(Cl)c(Cl)c2[nH]1. The van der Waals surface area contributed by atoms with Crippen molar-refractivity contribution in [1.82, 2.24) is 14.4 Å². The van der Waals surface area contributed by atoms with Crippen LogP contribution < -0.4 is 5.32 Å². The number of nitrogens with zero attached hydrogens (tertiary/aromatic N) is 2. The predicted octanol–water partition coefficient (Wildman–Crippen LogP) is 4.44. The topological polar surface area (TPSA) is 62.2 Å². The van der Waals surface area contributed by atoms with Gasteiger partial charge in [0.25, 0.3) is 5.91 Å². The van der Waals surface area contributed by atoms with Gasteiger partial charge >= 0.3 is 0 Å². The molecule has 0 fully saturated rings. The van der Waals surface area contributed by atoms with Crippen molar-refractivity contribution in [2.24, 2.45) is 0 Å². The molecule has 5 nitrogen and oxygen atoms in total. The molecule has 0 saturated heterocycles. The van der Waals surface area contributed by atoms with Crippen LogP contribution >= 0.6 is 34.5 Å². The summed E-state index contributed by atoms with van der Waals surface area (Å²) in [5.74, 6) is 0.206. The number of fused-ring (bicyclic) bond motifs is 2. The number of pyridine rings is 1. The number of aromatic amines is 1. The van der Waals surface area contributed by atoms with E-state index in [1.54, 1.807) is 12.3 Å². The van der Waals surface area contributed by atoms with Gasteiger partial charge in [0.1, 0.15) is 15.7 Å². The maximum atomic E-state index is 12.3. The molecular weight excluding hydrogens is 343 g/mol. The zero-order valence-electron chi connectivity index (χ0n) is 10.9. The number of carbonyl (C=O) groups excluding carboxylic acids is 1. The third kappa shape index (κ3) is 2.16. The Hall–Kier alpha value is -2.02. The van der Waals surface area contributed by atoms with Gasteiger partial charge < -0.3 is 14.7 Å². The van der Waals surface area contributed by atoms with Crippen molar-refractivity contribution in [3.63, 3.8) is 0 Å². The molecule has 0 atom stereocenters. The molecule has 22 heavy (non-hydrogen) atoms. The number of thiophene rings is 1. The van der Waals surface area contributed by atoms with Crippen LogP contribution in [-0.2, 0) is 0 Å². The first-order valence-corrected chi connectivity index (χ1v) is 7.90. The minimum absolute atomic E-state index is 0.279. The molecule has 4 heterocycles. The molecule has 0 aliphatic rings. The number of nitrogens with one attached hydrogen (secondary N) is 2. The second-order valence-corrected chi connectivity index (χ2v) is 6.69. The Morgan fingerprint density at radius 1 is 1.36 bits per heavy atom. The van der Waals surface area contributed by atoms with Gasteiger partial charge in [-0.15, -0.1) is 11.3 Å². The third-order valence-corrected chi connectivity index (χ3v) is 5.16. The van der Waals surface area contributed by atoms with E-state index in [9.17, 15) is 4.79 Å². The van der Waals surface area contributed by atoms with Crippen LogP contribution in [0.1, 0.15) is 10.5 Å². The predicted molar refractivity (Wildman–Crippen MR) is 89.3 cm³/mol. The standard InChI is InChI=1S/C14H8Cl2N4OS/c15-11-12-8(22-13(11)16)5-7(17-12)14(21)19-9-6-20-4-2-1-3-10(20)18-9/h1-6,17H,(H,19,21).